The molecule has 188 valence electrons. The number of hydrogen-bond acceptors (Lipinski definition) is 8. The number of likely N-dealkylation sites (tertiary alicyclic amines) is 1. The van der Waals surface area contributed by atoms with E-state index in [0.717, 1.165) is 38.9 Å². The van der Waals surface area contributed by atoms with Crippen molar-refractivity contribution in [3.05, 3.63) is 24.3 Å². The van der Waals surface area contributed by atoms with Crippen molar-refractivity contribution < 1.29 is 28.2 Å². The van der Waals surface area contributed by atoms with Crippen LogP contribution in [0.3, 0.4) is 0 Å². The fraction of sp³-hybridized carbons (Fsp3) is 0.652. The number of piperidine rings is 1. The Labute approximate surface area is 199 Å². The van der Waals surface area contributed by atoms with Crippen LogP contribution in [0.15, 0.2) is 24.3 Å². The molecule has 2 fully saturated rings. The van der Waals surface area contributed by atoms with Crippen LogP contribution in [0.4, 0.5) is 15.1 Å². The molecule has 3 rings (SSSR count). The lowest BCUT2D eigenvalue weighted by Crippen LogP contribution is -2.40. The second-order valence-electron chi connectivity index (χ2n) is 9.49. The van der Waals surface area contributed by atoms with Crippen molar-refractivity contribution in [3.63, 3.8) is 0 Å². The molecule has 0 radical (unpaired) electrons. The van der Waals surface area contributed by atoms with E-state index in [0.29, 0.717) is 18.0 Å². The summed E-state index contributed by atoms with van der Waals surface area (Å²) in [6, 6.07) is 0. The van der Waals surface area contributed by atoms with Crippen molar-refractivity contribution in [2.24, 2.45) is 0 Å². The van der Waals surface area contributed by atoms with Gasteiger partial charge in [-0.3, -0.25) is 4.79 Å². The van der Waals surface area contributed by atoms with Gasteiger partial charge in [0.25, 0.3) is 5.91 Å². The van der Waals surface area contributed by atoms with Gasteiger partial charge in [0.2, 0.25) is 5.95 Å². The third kappa shape index (κ3) is 7.54. The Kier molecular flexibility index (Phi) is 8.65. The van der Waals surface area contributed by atoms with Gasteiger partial charge in [-0.25, -0.2) is 19.2 Å². The molecule has 2 aliphatic rings. The Balaban J connectivity index is 1.40. The van der Waals surface area contributed by atoms with E-state index in [1.807, 2.05) is 0 Å². The van der Waals surface area contributed by atoms with Crippen LogP contribution in [-0.2, 0) is 14.3 Å². The number of nitrogens with zero attached hydrogens (tertiary/aromatic N) is 4. The number of nitrogens with one attached hydrogen (secondary N) is 1. The van der Waals surface area contributed by atoms with Crippen molar-refractivity contribution in [2.75, 3.05) is 44.7 Å². The smallest absolute Gasteiger partial charge is 0.407 e. The second-order valence-corrected chi connectivity index (χ2v) is 9.49. The number of hydrogen-bond donors (Lipinski definition) is 1. The summed E-state index contributed by atoms with van der Waals surface area (Å²) in [6.07, 6.45) is 4.91. The summed E-state index contributed by atoms with van der Waals surface area (Å²) in [5, 5.41) is 2.49. The van der Waals surface area contributed by atoms with E-state index in [9.17, 15) is 14.0 Å². The van der Waals surface area contributed by atoms with E-state index in [1.54, 1.807) is 32.7 Å². The topological polar surface area (TPSA) is 106 Å². The molecule has 1 N–H and O–H groups in total. The van der Waals surface area contributed by atoms with Crippen LogP contribution >= 0.6 is 0 Å². The molecule has 0 aliphatic carbocycles. The average molecular weight is 480 g/mol. The maximum Gasteiger partial charge on any atom is 0.407 e. The van der Waals surface area contributed by atoms with Gasteiger partial charge in [-0.05, 0) is 33.6 Å². The van der Waals surface area contributed by atoms with Gasteiger partial charge in [0.1, 0.15) is 18.3 Å². The lowest BCUT2D eigenvalue weighted by molar-refractivity contribution is -0.140. The molecule has 1 atom stereocenters. The van der Waals surface area contributed by atoms with Gasteiger partial charge in [-0.1, -0.05) is 0 Å². The van der Waals surface area contributed by atoms with Crippen LogP contribution in [-0.4, -0.2) is 84.5 Å². The Bertz CT molecular complexity index is 865. The quantitative estimate of drug-likeness (QED) is 0.606. The van der Waals surface area contributed by atoms with Gasteiger partial charge >= 0.3 is 6.09 Å². The van der Waals surface area contributed by atoms with Crippen LogP contribution < -0.4 is 15.0 Å². The lowest BCUT2D eigenvalue weighted by atomic mass is 10.1. The number of aromatic nitrogens is 2. The van der Waals surface area contributed by atoms with E-state index in [2.05, 4.69) is 20.2 Å². The summed E-state index contributed by atoms with van der Waals surface area (Å²) in [5.74, 6) is 1.03. The Hall–Kier alpha value is -2.95. The highest BCUT2D eigenvalue weighted by molar-refractivity contribution is 5.82. The number of ether oxygens (including phenoxy) is 3. The van der Waals surface area contributed by atoms with E-state index in [4.69, 9.17) is 14.2 Å². The van der Waals surface area contributed by atoms with Crippen molar-refractivity contribution in [3.8, 4) is 5.75 Å². The van der Waals surface area contributed by atoms with E-state index in [-0.39, 0.29) is 36.8 Å². The number of amides is 2. The van der Waals surface area contributed by atoms with Crippen LogP contribution in [0.25, 0.3) is 0 Å². The molecular weight excluding hydrogens is 445 g/mol. The average Bonchev–Trinajstić information content (AvgIpc) is 3.11. The van der Waals surface area contributed by atoms with Gasteiger partial charge in [0.15, 0.2) is 5.75 Å². The summed E-state index contributed by atoms with van der Waals surface area (Å²) in [4.78, 5) is 36.2. The molecule has 10 nitrogen and oxygen atoms in total. The number of halogens is 1. The summed E-state index contributed by atoms with van der Waals surface area (Å²) >= 11 is 0. The molecule has 0 spiro atoms. The molecule has 1 aromatic rings. The Morgan fingerprint density at radius 1 is 1.21 bits per heavy atom. The Morgan fingerprint density at radius 2 is 1.88 bits per heavy atom. The summed E-state index contributed by atoms with van der Waals surface area (Å²) in [7, 11) is 1.80. The van der Waals surface area contributed by atoms with Crippen molar-refractivity contribution in [2.45, 2.75) is 57.8 Å². The largest absolute Gasteiger partial charge is 0.486 e. The van der Waals surface area contributed by atoms with Crippen LogP contribution in [0.2, 0.25) is 0 Å². The fourth-order valence-electron chi connectivity index (χ4n) is 3.69. The summed E-state index contributed by atoms with van der Waals surface area (Å²) in [6.45, 7) is 7.35. The van der Waals surface area contributed by atoms with Crippen LogP contribution in [0, 0.1) is 0 Å². The zero-order valence-electron chi connectivity index (χ0n) is 20.3. The first-order valence-electron chi connectivity index (χ1n) is 11.5. The molecule has 0 bridgehead atoms. The van der Waals surface area contributed by atoms with E-state index < -0.39 is 11.7 Å². The van der Waals surface area contributed by atoms with Crippen LogP contribution in [0.5, 0.6) is 5.75 Å². The number of alkyl carbamates (subject to hydrolysis) is 1. The monoisotopic (exact) mass is 479 g/mol. The van der Waals surface area contributed by atoms with Crippen molar-refractivity contribution >= 4 is 17.9 Å². The zero-order valence-corrected chi connectivity index (χ0v) is 20.3. The highest BCUT2D eigenvalue weighted by Crippen LogP contribution is 2.23. The number of rotatable bonds is 8. The van der Waals surface area contributed by atoms with Crippen LogP contribution in [0.1, 0.15) is 40.0 Å². The minimum atomic E-state index is -0.631. The third-order valence-corrected chi connectivity index (χ3v) is 5.51. The number of carbonyl (C=O) groups excluding carboxylic acids is 2. The van der Waals surface area contributed by atoms with Gasteiger partial charge < -0.3 is 29.3 Å². The molecule has 2 amide bonds. The molecule has 2 aliphatic heterocycles. The fourth-order valence-corrected chi connectivity index (χ4v) is 3.69. The first-order chi connectivity index (χ1) is 16.1. The molecule has 11 heteroatoms. The molecular formula is C23H34FN5O5. The number of anilines is 1. The van der Waals surface area contributed by atoms with E-state index >= 15 is 0 Å². The minimum absolute atomic E-state index is 0.0376. The summed E-state index contributed by atoms with van der Waals surface area (Å²) < 4.78 is 29.8. The highest BCUT2D eigenvalue weighted by Gasteiger charge is 2.33. The maximum absolute atomic E-state index is 13.2. The second kappa shape index (κ2) is 11.5. The minimum Gasteiger partial charge on any atom is -0.486 e. The van der Waals surface area contributed by atoms with Gasteiger partial charge in [0, 0.05) is 45.2 Å². The predicted molar refractivity (Wildman–Crippen MR) is 123 cm³/mol. The Morgan fingerprint density at radius 3 is 2.44 bits per heavy atom. The molecule has 1 unspecified atom stereocenters. The summed E-state index contributed by atoms with van der Waals surface area (Å²) in [5.41, 5.74) is -0.392. The SMILES string of the molecule is CN1CCC(OC2CCN(c3ncc(OC/C(=C/F)CNC(=O)OC(C)(C)C)cn3)CC2)C1=O. The normalized spacial score (nSPS) is 20.0. The van der Waals surface area contributed by atoms with E-state index in [1.165, 1.54) is 12.4 Å². The first-order valence-corrected chi connectivity index (χ1v) is 11.5. The molecule has 0 saturated carbocycles. The number of carbonyl (C=O) groups is 2. The highest BCUT2D eigenvalue weighted by atomic mass is 19.1. The van der Waals surface area contributed by atoms with Gasteiger partial charge in [-0.2, -0.15) is 0 Å². The third-order valence-electron chi connectivity index (χ3n) is 5.51. The first kappa shape index (κ1) is 25.7. The molecule has 0 aromatic carbocycles. The lowest BCUT2D eigenvalue weighted by Gasteiger charge is -2.32. The predicted octanol–water partition coefficient (Wildman–Crippen LogP) is 2.45. The molecule has 34 heavy (non-hydrogen) atoms. The molecule has 3 heterocycles. The standard InChI is InChI=1S/C23H34FN5O5/c1-23(2,3)34-22(31)27-12-16(11-24)15-32-18-13-25-21(26-14-18)29-9-5-17(6-10-29)33-19-7-8-28(4)20(19)30/h11,13-14,17,19H,5-10,12,15H2,1-4H3,(H,27,31)/b16-11+. The van der Waals surface area contributed by atoms with Crippen molar-refractivity contribution in [1.82, 2.24) is 20.2 Å². The number of likely N-dealkylation sites (N-methyl/N-ethyl adjacent to an activating group) is 1. The van der Waals surface area contributed by atoms with Gasteiger partial charge in [0.05, 0.1) is 24.8 Å². The van der Waals surface area contributed by atoms with Crippen molar-refractivity contribution in [1.29, 1.82) is 0 Å². The molecule has 2 saturated heterocycles. The zero-order chi connectivity index (χ0) is 24.7. The van der Waals surface area contributed by atoms with Gasteiger partial charge in [-0.15, -0.1) is 0 Å². The maximum atomic E-state index is 13.2. The molecule has 1 aromatic heterocycles.